The van der Waals surface area contributed by atoms with E-state index in [1.165, 1.54) is 0 Å². The second-order valence-corrected chi connectivity index (χ2v) is 3.58. The van der Waals surface area contributed by atoms with Crippen molar-refractivity contribution in [3.63, 3.8) is 0 Å². The van der Waals surface area contributed by atoms with Crippen LogP contribution in [0.25, 0.3) is 0 Å². The van der Waals surface area contributed by atoms with E-state index in [2.05, 4.69) is 4.74 Å². The van der Waals surface area contributed by atoms with E-state index in [1.807, 2.05) is 0 Å². The van der Waals surface area contributed by atoms with E-state index in [9.17, 15) is 22.8 Å². The van der Waals surface area contributed by atoms with Gasteiger partial charge in [0.15, 0.2) is 11.6 Å². The van der Waals surface area contributed by atoms with E-state index in [0.29, 0.717) is 12.1 Å². The summed E-state index contributed by atoms with van der Waals surface area (Å²) in [7, 11) is 0. The molecule has 4 nitrogen and oxygen atoms in total. The van der Waals surface area contributed by atoms with Crippen molar-refractivity contribution in [1.29, 1.82) is 0 Å². The second-order valence-electron chi connectivity index (χ2n) is 3.58. The fourth-order valence-corrected chi connectivity index (χ4v) is 1.26. The minimum Gasteiger partial charge on any atom is -0.392 e. The van der Waals surface area contributed by atoms with E-state index >= 15 is 0 Å². The van der Waals surface area contributed by atoms with Crippen LogP contribution >= 0.6 is 0 Å². The van der Waals surface area contributed by atoms with E-state index < -0.39 is 41.9 Å². The van der Waals surface area contributed by atoms with Crippen LogP contribution in [0.5, 0.6) is 0 Å². The lowest BCUT2D eigenvalue weighted by Crippen LogP contribution is -2.35. The van der Waals surface area contributed by atoms with Crippen LogP contribution in [0.4, 0.5) is 13.2 Å². The Morgan fingerprint density at radius 3 is 2.33 bits per heavy atom. The van der Waals surface area contributed by atoms with Crippen LogP contribution in [0.3, 0.4) is 0 Å². The molecule has 0 bridgehead atoms. The fourth-order valence-electron chi connectivity index (χ4n) is 1.26. The van der Waals surface area contributed by atoms with Gasteiger partial charge in [-0.25, -0.2) is 18.0 Å². The topological polar surface area (TPSA) is 69.4 Å². The Balaban J connectivity index is 2.81. The first-order chi connectivity index (χ1) is 8.31. The molecule has 0 aliphatic rings. The number of carbonyl (C=O) groups is 2. The third-order valence-electron chi connectivity index (χ3n) is 2.08. The Labute approximate surface area is 101 Å². The smallest absolute Gasteiger partial charge is 0.330 e. The molecule has 2 N–H and O–H groups in total. The predicted molar refractivity (Wildman–Crippen MR) is 54.8 cm³/mol. The van der Waals surface area contributed by atoms with Crippen molar-refractivity contribution in [1.82, 2.24) is 0 Å². The Kier molecular flexibility index (Phi) is 4.43. The average Bonchev–Trinajstić information content (AvgIpc) is 2.24. The van der Waals surface area contributed by atoms with Gasteiger partial charge in [0.05, 0.1) is 0 Å². The quantitative estimate of drug-likeness (QED) is 0.502. The fraction of sp³-hybridized carbons (Fsp3) is 0.273. The number of halogens is 3. The standard InChI is InChI=1S/C11H10F3NO3/c1-5(16)18-11(17)10(15)3-6-2-8(13)9(14)4-7(6)12/h2,4,10H,3,15H2,1H3/t10-/m0/s1. The molecular formula is C11H10F3NO3. The Hall–Kier alpha value is -1.89. The molecule has 98 valence electrons. The van der Waals surface area contributed by atoms with E-state index in [1.54, 1.807) is 0 Å². The summed E-state index contributed by atoms with van der Waals surface area (Å²) < 4.78 is 42.9. The SMILES string of the molecule is CC(=O)OC(=O)[C@@H](N)Cc1cc(F)c(F)cc1F. The van der Waals surface area contributed by atoms with Crippen molar-refractivity contribution in [3.05, 3.63) is 35.1 Å². The lowest BCUT2D eigenvalue weighted by Gasteiger charge is -2.10. The monoisotopic (exact) mass is 261 g/mol. The molecule has 0 unspecified atom stereocenters. The molecule has 0 aromatic heterocycles. The third-order valence-corrected chi connectivity index (χ3v) is 2.08. The number of benzene rings is 1. The van der Waals surface area contributed by atoms with E-state index in [0.717, 1.165) is 6.92 Å². The zero-order valence-electron chi connectivity index (χ0n) is 9.38. The zero-order chi connectivity index (χ0) is 13.9. The molecule has 0 aliphatic carbocycles. The van der Waals surface area contributed by atoms with Crippen LogP contribution in [0.15, 0.2) is 12.1 Å². The Morgan fingerprint density at radius 1 is 1.22 bits per heavy atom. The summed E-state index contributed by atoms with van der Waals surface area (Å²) in [6, 6.07) is -0.382. The number of esters is 2. The number of rotatable bonds is 3. The molecule has 1 rings (SSSR count). The van der Waals surface area contributed by atoms with Gasteiger partial charge in [-0.3, -0.25) is 4.79 Å². The highest BCUT2D eigenvalue weighted by molar-refractivity contribution is 5.87. The molecule has 1 atom stereocenters. The van der Waals surface area contributed by atoms with Gasteiger partial charge in [0, 0.05) is 19.4 Å². The normalized spacial score (nSPS) is 12.1. The number of hydrogen-bond donors (Lipinski definition) is 1. The number of nitrogens with two attached hydrogens (primary N) is 1. The lowest BCUT2D eigenvalue weighted by atomic mass is 10.1. The summed E-state index contributed by atoms with van der Waals surface area (Å²) >= 11 is 0. The molecule has 0 fully saturated rings. The summed E-state index contributed by atoms with van der Waals surface area (Å²) in [6.45, 7) is 1.00. The first-order valence-electron chi connectivity index (χ1n) is 4.92. The van der Waals surface area contributed by atoms with Crippen molar-refractivity contribution in [2.75, 3.05) is 0 Å². The molecule has 0 amide bonds. The molecule has 18 heavy (non-hydrogen) atoms. The summed E-state index contributed by atoms with van der Waals surface area (Å²) in [5.74, 6) is -5.54. The predicted octanol–water partition coefficient (Wildman–Crippen LogP) is 1.06. The maximum Gasteiger partial charge on any atom is 0.330 e. The largest absolute Gasteiger partial charge is 0.392 e. The van der Waals surface area contributed by atoms with Crippen LogP contribution in [-0.4, -0.2) is 18.0 Å². The van der Waals surface area contributed by atoms with Crippen molar-refractivity contribution in [2.24, 2.45) is 5.73 Å². The number of carbonyl (C=O) groups excluding carboxylic acids is 2. The maximum absolute atomic E-state index is 13.2. The van der Waals surface area contributed by atoms with Gasteiger partial charge < -0.3 is 10.5 Å². The van der Waals surface area contributed by atoms with Crippen LogP contribution in [-0.2, 0) is 20.7 Å². The molecule has 1 aromatic rings. The van der Waals surface area contributed by atoms with Crippen molar-refractivity contribution < 1.29 is 27.5 Å². The van der Waals surface area contributed by atoms with E-state index in [4.69, 9.17) is 5.73 Å². The number of ether oxygens (including phenoxy) is 1. The first kappa shape index (κ1) is 14.2. The first-order valence-corrected chi connectivity index (χ1v) is 4.92. The van der Waals surface area contributed by atoms with Gasteiger partial charge in [0.25, 0.3) is 0 Å². The van der Waals surface area contributed by atoms with Gasteiger partial charge in [-0.2, -0.15) is 0 Å². The van der Waals surface area contributed by atoms with Crippen molar-refractivity contribution >= 4 is 11.9 Å². The van der Waals surface area contributed by atoms with Crippen molar-refractivity contribution in [2.45, 2.75) is 19.4 Å². The van der Waals surface area contributed by atoms with Crippen LogP contribution in [0.1, 0.15) is 12.5 Å². The second kappa shape index (κ2) is 5.63. The van der Waals surface area contributed by atoms with Crippen LogP contribution in [0.2, 0.25) is 0 Å². The zero-order valence-corrected chi connectivity index (χ0v) is 9.38. The maximum atomic E-state index is 13.2. The molecule has 0 spiro atoms. The summed E-state index contributed by atoms with van der Waals surface area (Å²) in [5.41, 5.74) is 5.07. The van der Waals surface area contributed by atoms with Crippen molar-refractivity contribution in [3.8, 4) is 0 Å². The average molecular weight is 261 g/mol. The number of hydrogen-bond acceptors (Lipinski definition) is 4. The molecule has 1 aromatic carbocycles. The molecule has 7 heteroatoms. The highest BCUT2D eigenvalue weighted by Crippen LogP contribution is 2.15. The lowest BCUT2D eigenvalue weighted by molar-refractivity contribution is -0.159. The van der Waals surface area contributed by atoms with Gasteiger partial charge in [-0.15, -0.1) is 0 Å². The van der Waals surface area contributed by atoms with E-state index in [-0.39, 0.29) is 5.56 Å². The van der Waals surface area contributed by atoms with Gasteiger partial charge >= 0.3 is 11.9 Å². The molecule has 0 aliphatic heterocycles. The third kappa shape index (κ3) is 3.56. The van der Waals surface area contributed by atoms with Gasteiger partial charge in [-0.05, 0) is 11.6 Å². The van der Waals surface area contributed by atoms with Gasteiger partial charge in [-0.1, -0.05) is 0 Å². The highest BCUT2D eigenvalue weighted by atomic mass is 19.2. The Morgan fingerprint density at radius 2 is 1.78 bits per heavy atom. The minimum atomic E-state index is -1.34. The molecular weight excluding hydrogens is 251 g/mol. The minimum absolute atomic E-state index is 0.276. The molecule has 0 heterocycles. The van der Waals surface area contributed by atoms with Crippen LogP contribution < -0.4 is 5.73 Å². The molecule has 0 radical (unpaired) electrons. The summed E-state index contributed by atoms with van der Waals surface area (Å²) in [6.07, 6.45) is -0.408. The molecule has 0 saturated heterocycles. The van der Waals surface area contributed by atoms with Crippen LogP contribution in [0, 0.1) is 17.5 Å². The van der Waals surface area contributed by atoms with Gasteiger partial charge in [0.2, 0.25) is 0 Å². The summed E-state index contributed by atoms with van der Waals surface area (Å²) in [5, 5.41) is 0. The van der Waals surface area contributed by atoms with Gasteiger partial charge in [0.1, 0.15) is 11.9 Å². The Bertz CT molecular complexity index is 491. The molecule has 0 saturated carbocycles. The highest BCUT2D eigenvalue weighted by Gasteiger charge is 2.20. The summed E-state index contributed by atoms with van der Waals surface area (Å²) in [4.78, 5) is 21.7.